The molecule has 0 saturated carbocycles. The molecule has 122 valence electrons. The second kappa shape index (κ2) is 8.34. The maximum Gasteiger partial charge on any atom is 0.253 e. The Morgan fingerprint density at radius 2 is 1.70 bits per heavy atom. The summed E-state index contributed by atoms with van der Waals surface area (Å²) in [5.41, 5.74) is 1.43. The third kappa shape index (κ3) is 4.33. The van der Waals surface area contributed by atoms with E-state index in [0.717, 1.165) is 24.2 Å². The molecule has 2 aromatic rings. The van der Waals surface area contributed by atoms with Crippen molar-refractivity contribution in [2.24, 2.45) is 0 Å². The summed E-state index contributed by atoms with van der Waals surface area (Å²) in [6, 6.07) is 17.0. The lowest BCUT2D eigenvalue weighted by atomic mass is 9.95. The predicted octanol–water partition coefficient (Wildman–Crippen LogP) is 3.39. The Balaban J connectivity index is 2.33. The van der Waals surface area contributed by atoms with E-state index in [-0.39, 0.29) is 6.10 Å². The number of carbonyl (C=O) groups is 1. The van der Waals surface area contributed by atoms with Gasteiger partial charge in [0.2, 0.25) is 0 Å². The van der Waals surface area contributed by atoms with Crippen LogP contribution in [0.25, 0.3) is 0 Å². The number of para-hydroxylation sites is 1. The van der Waals surface area contributed by atoms with Crippen molar-refractivity contribution in [2.45, 2.75) is 32.0 Å². The summed E-state index contributed by atoms with van der Waals surface area (Å²) < 4.78 is 6.10. The molecule has 1 amide bonds. The highest BCUT2D eigenvalue weighted by Gasteiger charge is 2.24. The molecule has 4 nitrogen and oxygen atoms in total. The smallest absolute Gasteiger partial charge is 0.253 e. The van der Waals surface area contributed by atoms with Gasteiger partial charge in [0.15, 0.2) is 6.10 Å². The summed E-state index contributed by atoms with van der Waals surface area (Å²) in [7, 11) is 1.51. The van der Waals surface area contributed by atoms with E-state index < -0.39 is 12.0 Å². The molecule has 2 unspecified atom stereocenters. The maximum atomic E-state index is 11.8. The van der Waals surface area contributed by atoms with Gasteiger partial charge in [-0.25, -0.2) is 0 Å². The molecule has 0 aliphatic carbocycles. The monoisotopic (exact) mass is 313 g/mol. The highest BCUT2D eigenvalue weighted by atomic mass is 16.5. The van der Waals surface area contributed by atoms with Gasteiger partial charge >= 0.3 is 0 Å². The molecule has 0 spiro atoms. The Kier molecular flexibility index (Phi) is 6.18. The van der Waals surface area contributed by atoms with Gasteiger partial charge in [-0.15, -0.1) is 0 Å². The van der Waals surface area contributed by atoms with E-state index in [9.17, 15) is 9.90 Å². The number of aliphatic hydroxyl groups excluding tert-OH is 1. The number of aliphatic hydroxyl groups is 1. The van der Waals surface area contributed by atoms with E-state index in [1.165, 1.54) is 7.05 Å². The van der Waals surface area contributed by atoms with Crippen LogP contribution in [-0.2, 0) is 4.79 Å². The Morgan fingerprint density at radius 3 is 2.30 bits per heavy atom. The molecule has 2 atom stereocenters. The molecule has 4 heteroatoms. The molecule has 0 fully saturated rings. The zero-order chi connectivity index (χ0) is 16.7. The lowest BCUT2D eigenvalue weighted by molar-refractivity contribution is -0.129. The molecule has 0 bridgehead atoms. The summed E-state index contributed by atoms with van der Waals surface area (Å²) in [6.07, 6.45) is 0.321. The van der Waals surface area contributed by atoms with Gasteiger partial charge < -0.3 is 15.2 Å². The van der Waals surface area contributed by atoms with Gasteiger partial charge in [0.1, 0.15) is 11.9 Å². The number of nitrogens with one attached hydrogen (secondary N) is 1. The Bertz CT molecular complexity index is 628. The average molecular weight is 313 g/mol. The summed E-state index contributed by atoms with van der Waals surface area (Å²) in [4.78, 5) is 11.8. The minimum Gasteiger partial charge on any atom is -0.486 e. The minimum absolute atomic E-state index is 0.210. The van der Waals surface area contributed by atoms with Crippen molar-refractivity contribution >= 4 is 5.91 Å². The molecular formula is C19H23NO3. The lowest BCUT2D eigenvalue weighted by Crippen LogP contribution is -2.27. The van der Waals surface area contributed by atoms with Crippen molar-refractivity contribution in [1.29, 1.82) is 0 Å². The van der Waals surface area contributed by atoms with Crippen LogP contribution < -0.4 is 10.1 Å². The first kappa shape index (κ1) is 17.0. The zero-order valence-electron chi connectivity index (χ0n) is 13.5. The molecule has 0 heterocycles. The minimum atomic E-state index is -1.20. The summed E-state index contributed by atoms with van der Waals surface area (Å²) in [5.74, 6) is 0.350. The highest BCUT2D eigenvalue weighted by Crippen LogP contribution is 2.31. The number of amides is 1. The SMILES string of the molecule is CCCC(Oc1ccccc1)c1ccccc1C(O)C(=O)NC. The molecule has 23 heavy (non-hydrogen) atoms. The second-order valence-electron chi connectivity index (χ2n) is 5.35. The van der Waals surface area contributed by atoms with Crippen LogP contribution in [0.3, 0.4) is 0 Å². The Morgan fingerprint density at radius 1 is 1.09 bits per heavy atom. The summed E-state index contributed by atoms with van der Waals surface area (Å²) in [5, 5.41) is 12.8. The number of hydrogen-bond acceptors (Lipinski definition) is 3. The van der Waals surface area contributed by atoms with Gasteiger partial charge in [-0.1, -0.05) is 55.8 Å². The van der Waals surface area contributed by atoms with E-state index in [0.29, 0.717) is 5.56 Å². The first-order valence-electron chi connectivity index (χ1n) is 7.87. The maximum absolute atomic E-state index is 11.8. The first-order valence-corrected chi connectivity index (χ1v) is 7.87. The van der Waals surface area contributed by atoms with Crippen molar-refractivity contribution < 1.29 is 14.6 Å². The molecule has 0 aliphatic rings. The number of ether oxygens (including phenoxy) is 1. The van der Waals surface area contributed by atoms with Gasteiger partial charge in [0.25, 0.3) is 5.91 Å². The van der Waals surface area contributed by atoms with Crippen LogP contribution in [0.5, 0.6) is 5.75 Å². The number of benzene rings is 2. The van der Waals surface area contributed by atoms with Crippen molar-refractivity contribution in [1.82, 2.24) is 5.32 Å². The first-order chi connectivity index (χ1) is 11.2. The predicted molar refractivity (Wildman–Crippen MR) is 90.2 cm³/mol. The average Bonchev–Trinajstić information content (AvgIpc) is 2.61. The molecular weight excluding hydrogens is 290 g/mol. The summed E-state index contributed by atoms with van der Waals surface area (Å²) >= 11 is 0. The number of likely N-dealkylation sites (N-methyl/N-ethyl adjacent to an activating group) is 1. The van der Waals surface area contributed by atoms with Crippen molar-refractivity contribution in [2.75, 3.05) is 7.05 Å². The highest BCUT2D eigenvalue weighted by molar-refractivity contribution is 5.82. The lowest BCUT2D eigenvalue weighted by Gasteiger charge is -2.23. The van der Waals surface area contributed by atoms with Gasteiger partial charge in [-0.05, 0) is 29.7 Å². The molecule has 0 aliphatic heterocycles. The Hall–Kier alpha value is -2.33. The summed E-state index contributed by atoms with van der Waals surface area (Å²) in [6.45, 7) is 2.08. The third-order valence-corrected chi connectivity index (χ3v) is 3.70. The van der Waals surface area contributed by atoms with E-state index in [4.69, 9.17) is 4.74 Å². The topological polar surface area (TPSA) is 58.6 Å². The number of rotatable bonds is 7. The number of carbonyl (C=O) groups excluding carboxylic acids is 1. The van der Waals surface area contributed by atoms with Crippen LogP contribution in [0.4, 0.5) is 0 Å². The molecule has 0 radical (unpaired) electrons. The fourth-order valence-corrected chi connectivity index (χ4v) is 2.53. The van der Waals surface area contributed by atoms with Gasteiger partial charge in [-0.3, -0.25) is 4.79 Å². The fraction of sp³-hybridized carbons (Fsp3) is 0.316. The second-order valence-corrected chi connectivity index (χ2v) is 5.35. The van der Waals surface area contributed by atoms with Crippen LogP contribution in [0.15, 0.2) is 54.6 Å². The van der Waals surface area contributed by atoms with Crippen LogP contribution in [0.2, 0.25) is 0 Å². The van der Waals surface area contributed by atoms with Crippen molar-refractivity contribution in [3.63, 3.8) is 0 Å². The van der Waals surface area contributed by atoms with Crippen molar-refractivity contribution in [3.05, 3.63) is 65.7 Å². The zero-order valence-corrected chi connectivity index (χ0v) is 13.5. The molecule has 0 saturated heterocycles. The van der Waals surface area contributed by atoms with E-state index in [2.05, 4.69) is 12.2 Å². The Labute approximate surface area is 137 Å². The largest absolute Gasteiger partial charge is 0.486 e. The molecule has 2 aromatic carbocycles. The van der Waals surface area contributed by atoms with Gasteiger partial charge in [-0.2, -0.15) is 0 Å². The van der Waals surface area contributed by atoms with E-state index in [1.54, 1.807) is 6.07 Å². The van der Waals surface area contributed by atoms with Gasteiger partial charge in [0, 0.05) is 7.05 Å². The van der Waals surface area contributed by atoms with Crippen LogP contribution >= 0.6 is 0 Å². The number of hydrogen-bond donors (Lipinski definition) is 2. The fourth-order valence-electron chi connectivity index (χ4n) is 2.53. The quantitative estimate of drug-likeness (QED) is 0.824. The van der Waals surface area contributed by atoms with Crippen molar-refractivity contribution in [3.8, 4) is 5.75 Å². The molecule has 0 aromatic heterocycles. The van der Waals surface area contributed by atoms with Crippen LogP contribution in [-0.4, -0.2) is 18.1 Å². The molecule has 2 N–H and O–H groups in total. The molecule has 2 rings (SSSR count). The van der Waals surface area contributed by atoms with Crippen LogP contribution in [0.1, 0.15) is 43.1 Å². The van der Waals surface area contributed by atoms with Crippen LogP contribution in [0, 0.1) is 0 Å². The van der Waals surface area contributed by atoms with Gasteiger partial charge in [0.05, 0.1) is 0 Å². The third-order valence-electron chi connectivity index (χ3n) is 3.70. The van der Waals surface area contributed by atoms with E-state index in [1.807, 2.05) is 48.5 Å². The standard InChI is InChI=1S/C19H23NO3/c1-3-9-17(23-14-10-5-4-6-11-14)15-12-7-8-13-16(15)18(21)19(22)20-2/h4-8,10-13,17-18,21H,3,9H2,1-2H3,(H,20,22). The van der Waals surface area contributed by atoms with E-state index >= 15 is 0 Å². The normalized spacial score (nSPS) is 13.2.